The van der Waals surface area contributed by atoms with Crippen LogP contribution in [0.5, 0.6) is 0 Å². The number of aryl methyl sites for hydroxylation is 1. The zero-order chi connectivity index (χ0) is 13.1. The summed E-state index contributed by atoms with van der Waals surface area (Å²) >= 11 is 0. The molecule has 0 aliphatic rings. The van der Waals surface area contributed by atoms with Gasteiger partial charge in [0.2, 0.25) is 0 Å². The molecule has 0 atom stereocenters. The van der Waals surface area contributed by atoms with Crippen molar-refractivity contribution in [1.29, 1.82) is 0 Å². The van der Waals surface area contributed by atoms with Crippen LogP contribution < -0.4 is 0 Å². The highest BCUT2D eigenvalue weighted by molar-refractivity contribution is 5.20. The Morgan fingerprint density at radius 3 is 2.41 bits per heavy atom. The minimum atomic E-state index is 0.0209. The van der Waals surface area contributed by atoms with E-state index in [-0.39, 0.29) is 6.61 Å². The molecule has 1 heterocycles. The predicted octanol–water partition coefficient (Wildman–Crippen LogP) is 3.07. The van der Waals surface area contributed by atoms with E-state index in [2.05, 4.69) is 44.6 Å². The molecule has 0 saturated carbocycles. The third kappa shape index (κ3) is 4.43. The van der Waals surface area contributed by atoms with Gasteiger partial charge in [0.05, 0.1) is 12.3 Å². The van der Waals surface area contributed by atoms with Gasteiger partial charge in [0.25, 0.3) is 0 Å². The van der Waals surface area contributed by atoms with Gasteiger partial charge in [0, 0.05) is 18.2 Å². The fraction of sp³-hybridized carbons (Fsp3) is 0.714. The number of aliphatic hydroxyl groups is 1. The molecule has 3 heteroatoms. The summed E-state index contributed by atoms with van der Waals surface area (Å²) in [7, 11) is 0. The fourth-order valence-corrected chi connectivity index (χ4v) is 1.69. The molecule has 0 bridgehead atoms. The maximum absolute atomic E-state index is 9.24. The molecule has 1 aromatic rings. The van der Waals surface area contributed by atoms with Gasteiger partial charge in [-0.2, -0.15) is 0 Å². The number of hydrogen-bond acceptors (Lipinski definition) is 3. The van der Waals surface area contributed by atoms with Gasteiger partial charge in [-0.25, -0.2) is 9.97 Å². The minimum absolute atomic E-state index is 0.0209. The molecule has 1 rings (SSSR count). The van der Waals surface area contributed by atoms with Gasteiger partial charge in [-0.15, -0.1) is 0 Å². The van der Waals surface area contributed by atoms with Crippen molar-refractivity contribution in [1.82, 2.24) is 9.97 Å². The van der Waals surface area contributed by atoms with Crippen molar-refractivity contribution in [2.45, 2.75) is 60.0 Å². The lowest BCUT2D eigenvalue weighted by Gasteiger charge is -2.18. The standard InChI is InChI=1S/C14H24N2O/c1-10(2)13-11(9-17)8-15-12(16-13)6-7-14(3,4)5/h8,10,17H,6-7,9H2,1-5H3. The Labute approximate surface area is 104 Å². The van der Waals surface area contributed by atoms with Crippen molar-refractivity contribution in [3.63, 3.8) is 0 Å². The molecule has 0 spiro atoms. The van der Waals surface area contributed by atoms with Crippen LogP contribution in [-0.2, 0) is 13.0 Å². The Hall–Kier alpha value is -0.960. The van der Waals surface area contributed by atoms with Crippen LogP contribution in [0.4, 0.5) is 0 Å². The summed E-state index contributed by atoms with van der Waals surface area (Å²) < 4.78 is 0. The van der Waals surface area contributed by atoms with Crippen molar-refractivity contribution in [2.24, 2.45) is 5.41 Å². The SMILES string of the molecule is CC(C)c1nc(CCC(C)(C)C)ncc1CO. The van der Waals surface area contributed by atoms with Gasteiger partial charge in [0.1, 0.15) is 5.82 Å². The van der Waals surface area contributed by atoms with Crippen LogP contribution in [0, 0.1) is 5.41 Å². The molecule has 0 radical (unpaired) electrons. The summed E-state index contributed by atoms with van der Waals surface area (Å²) in [6.45, 7) is 10.9. The van der Waals surface area contributed by atoms with Gasteiger partial charge in [-0.1, -0.05) is 34.6 Å². The first kappa shape index (κ1) is 14.1. The molecule has 0 amide bonds. The Kier molecular flexibility index (Phi) is 4.63. The highest BCUT2D eigenvalue weighted by Gasteiger charge is 2.14. The lowest BCUT2D eigenvalue weighted by Crippen LogP contribution is -2.10. The molecule has 96 valence electrons. The topological polar surface area (TPSA) is 46.0 Å². The van der Waals surface area contributed by atoms with Crippen LogP contribution in [0.3, 0.4) is 0 Å². The van der Waals surface area contributed by atoms with Crippen LogP contribution >= 0.6 is 0 Å². The first-order valence-corrected chi connectivity index (χ1v) is 6.29. The average Bonchev–Trinajstić information content (AvgIpc) is 2.25. The fourth-order valence-electron chi connectivity index (χ4n) is 1.69. The molecule has 0 aromatic carbocycles. The van der Waals surface area contributed by atoms with Crippen molar-refractivity contribution in [2.75, 3.05) is 0 Å². The number of nitrogens with zero attached hydrogens (tertiary/aromatic N) is 2. The van der Waals surface area contributed by atoms with Crippen molar-refractivity contribution in [3.8, 4) is 0 Å². The third-order valence-electron chi connectivity index (χ3n) is 2.76. The molecule has 1 aromatic heterocycles. The summed E-state index contributed by atoms with van der Waals surface area (Å²) in [5.41, 5.74) is 2.13. The van der Waals surface area contributed by atoms with Crippen molar-refractivity contribution < 1.29 is 5.11 Å². The second-order valence-corrected chi connectivity index (χ2v) is 6.07. The van der Waals surface area contributed by atoms with Gasteiger partial charge in [0.15, 0.2) is 0 Å². The van der Waals surface area contributed by atoms with Crippen LogP contribution in [-0.4, -0.2) is 15.1 Å². The first-order chi connectivity index (χ1) is 7.83. The predicted molar refractivity (Wildman–Crippen MR) is 69.8 cm³/mol. The molecular weight excluding hydrogens is 212 g/mol. The highest BCUT2D eigenvalue weighted by Crippen LogP contribution is 2.22. The molecule has 0 aliphatic carbocycles. The zero-order valence-electron chi connectivity index (χ0n) is 11.6. The second-order valence-electron chi connectivity index (χ2n) is 6.07. The average molecular weight is 236 g/mol. The van der Waals surface area contributed by atoms with E-state index in [1.54, 1.807) is 6.20 Å². The van der Waals surface area contributed by atoms with E-state index in [0.29, 0.717) is 11.3 Å². The second kappa shape index (κ2) is 5.58. The van der Waals surface area contributed by atoms with E-state index in [1.807, 2.05) is 0 Å². The summed E-state index contributed by atoms with van der Waals surface area (Å²) in [5.74, 6) is 1.22. The van der Waals surface area contributed by atoms with Gasteiger partial charge >= 0.3 is 0 Å². The maximum Gasteiger partial charge on any atom is 0.128 e. The van der Waals surface area contributed by atoms with Crippen LogP contribution in [0.25, 0.3) is 0 Å². The molecule has 0 unspecified atom stereocenters. The monoisotopic (exact) mass is 236 g/mol. The van der Waals surface area contributed by atoms with Gasteiger partial charge < -0.3 is 5.11 Å². The van der Waals surface area contributed by atoms with E-state index in [1.165, 1.54) is 0 Å². The van der Waals surface area contributed by atoms with Crippen molar-refractivity contribution in [3.05, 3.63) is 23.3 Å². The Morgan fingerprint density at radius 1 is 1.29 bits per heavy atom. The largest absolute Gasteiger partial charge is 0.392 e. The Morgan fingerprint density at radius 2 is 1.94 bits per heavy atom. The highest BCUT2D eigenvalue weighted by atomic mass is 16.3. The van der Waals surface area contributed by atoms with Gasteiger partial charge in [-0.3, -0.25) is 0 Å². The smallest absolute Gasteiger partial charge is 0.128 e. The number of hydrogen-bond donors (Lipinski definition) is 1. The first-order valence-electron chi connectivity index (χ1n) is 6.29. The van der Waals surface area contributed by atoms with E-state index in [9.17, 15) is 5.11 Å². The van der Waals surface area contributed by atoms with Crippen LogP contribution in [0.1, 0.15) is 64.0 Å². The Balaban J connectivity index is 2.85. The lowest BCUT2D eigenvalue weighted by molar-refractivity contribution is 0.278. The van der Waals surface area contributed by atoms with Gasteiger partial charge in [-0.05, 0) is 17.8 Å². The number of rotatable bonds is 4. The molecule has 0 saturated heterocycles. The zero-order valence-corrected chi connectivity index (χ0v) is 11.6. The minimum Gasteiger partial charge on any atom is -0.392 e. The van der Waals surface area contributed by atoms with E-state index >= 15 is 0 Å². The summed E-state index contributed by atoms with van der Waals surface area (Å²) in [6.07, 6.45) is 3.73. The molecule has 1 N–H and O–H groups in total. The van der Waals surface area contributed by atoms with E-state index < -0.39 is 0 Å². The van der Waals surface area contributed by atoms with E-state index in [4.69, 9.17) is 0 Å². The van der Waals surface area contributed by atoms with E-state index in [0.717, 1.165) is 29.9 Å². The normalized spacial score (nSPS) is 12.2. The van der Waals surface area contributed by atoms with Crippen molar-refractivity contribution >= 4 is 0 Å². The molecule has 0 fully saturated rings. The molecule has 17 heavy (non-hydrogen) atoms. The molecular formula is C14H24N2O. The third-order valence-corrected chi connectivity index (χ3v) is 2.76. The quantitative estimate of drug-likeness (QED) is 0.874. The number of aromatic nitrogens is 2. The summed E-state index contributed by atoms with van der Waals surface area (Å²) in [5, 5.41) is 9.24. The Bertz CT molecular complexity index is 367. The number of aliphatic hydroxyl groups excluding tert-OH is 1. The lowest BCUT2D eigenvalue weighted by atomic mass is 9.90. The van der Waals surface area contributed by atoms with Crippen LogP contribution in [0.2, 0.25) is 0 Å². The summed E-state index contributed by atoms with van der Waals surface area (Å²) in [6, 6.07) is 0. The maximum atomic E-state index is 9.24. The van der Waals surface area contributed by atoms with Crippen LogP contribution in [0.15, 0.2) is 6.20 Å². The molecule has 0 aliphatic heterocycles. The summed E-state index contributed by atoms with van der Waals surface area (Å²) in [4.78, 5) is 8.90. The molecule has 3 nitrogen and oxygen atoms in total.